The van der Waals surface area contributed by atoms with Gasteiger partial charge in [-0.3, -0.25) is 4.79 Å². The zero-order chi connectivity index (χ0) is 13.0. The summed E-state index contributed by atoms with van der Waals surface area (Å²) < 4.78 is 5.30. The molecule has 1 heterocycles. The van der Waals surface area contributed by atoms with Crippen LogP contribution in [0.25, 0.3) is 0 Å². The summed E-state index contributed by atoms with van der Waals surface area (Å²) in [7, 11) is 0. The van der Waals surface area contributed by atoms with Gasteiger partial charge in [0.15, 0.2) is 0 Å². The molecule has 0 radical (unpaired) electrons. The number of fused-ring (bicyclic) bond motifs is 5. The van der Waals surface area contributed by atoms with E-state index >= 15 is 0 Å². The van der Waals surface area contributed by atoms with Gasteiger partial charge in [0.2, 0.25) is 5.91 Å². The highest BCUT2D eigenvalue weighted by atomic mass is 16.5. The number of hydrogen-bond acceptors (Lipinski definition) is 3. The molecular weight excluding hydrogens is 240 g/mol. The second-order valence-electron chi connectivity index (χ2n) is 7.08. The van der Waals surface area contributed by atoms with Crippen molar-refractivity contribution >= 4 is 5.91 Å². The Morgan fingerprint density at radius 2 is 1.95 bits per heavy atom. The van der Waals surface area contributed by atoms with E-state index < -0.39 is 0 Å². The summed E-state index contributed by atoms with van der Waals surface area (Å²) in [6, 6.07) is 0.308. The Labute approximate surface area is 114 Å². The van der Waals surface area contributed by atoms with Crippen molar-refractivity contribution < 1.29 is 9.53 Å². The SMILES string of the molecule is NC1COCC1C(=O)NC1CC2CC1C1CCCC21. The lowest BCUT2D eigenvalue weighted by Crippen LogP contribution is -2.48. The first-order valence-electron chi connectivity index (χ1n) is 7.87. The Morgan fingerprint density at radius 3 is 2.74 bits per heavy atom. The standard InChI is InChI=1S/C15H24N2O2/c16-13-7-19-6-12(13)15(18)17-14-5-8-4-11(14)10-3-1-2-9(8)10/h8-14H,1-7,16H2,(H,17,18). The highest BCUT2D eigenvalue weighted by Gasteiger charge is 2.54. The van der Waals surface area contributed by atoms with Gasteiger partial charge >= 0.3 is 0 Å². The van der Waals surface area contributed by atoms with E-state index in [-0.39, 0.29) is 17.9 Å². The summed E-state index contributed by atoms with van der Waals surface area (Å²) in [5, 5.41) is 3.30. The Balaban J connectivity index is 1.40. The van der Waals surface area contributed by atoms with Crippen molar-refractivity contribution in [1.82, 2.24) is 5.32 Å². The van der Waals surface area contributed by atoms with E-state index in [1.54, 1.807) is 0 Å². The Bertz CT molecular complexity index is 386. The van der Waals surface area contributed by atoms with Gasteiger partial charge in [-0.2, -0.15) is 0 Å². The molecule has 3 saturated carbocycles. The second kappa shape index (κ2) is 4.45. The van der Waals surface area contributed by atoms with E-state index in [4.69, 9.17) is 10.5 Å². The first kappa shape index (κ1) is 12.2. The first-order chi connectivity index (χ1) is 9.24. The van der Waals surface area contributed by atoms with Crippen LogP contribution in [-0.2, 0) is 9.53 Å². The quantitative estimate of drug-likeness (QED) is 0.779. The van der Waals surface area contributed by atoms with Crippen molar-refractivity contribution in [2.75, 3.05) is 13.2 Å². The van der Waals surface area contributed by atoms with Crippen molar-refractivity contribution in [2.24, 2.45) is 35.3 Å². The molecule has 3 N–H and O–H groups in total. The molecule has 4 nitrogen and oxygen atoms in total. The van der Waals surface area contributed by atoms with Gasteiger partial charge in [-0.1, -0.05) is 6.42 Å². The van der Waals surface area contributed by atoms with E-state index in [9.17, 15) is 4.79 Å². The molecule has 0 aromatic carbocycles. The maximum Gasteiger partial charge on any atom is 0.227 e. The fourth-order valence-electron chi connectivity index (χ4n) is 5.36. The third-order valence-electron chi connectivity index (χ3n) is 6.22. The molecule has 1 amide bonds. The molecule has 4 fully saturated rings. The fraction of sp³-hybridized carbons (Fsp3) is 0.933. The van der Waals surface area contributed by atoms with Gasteiger partial charge in [-0.05, 0) is 49.4 Å². The van der Waals surface area contributed by atoms with Gasteiger partial charge in [0.05, 0.1) is 19.1 Å². The van der Waals surface area contributed by atoms with Gasteiger partial charge < -0.3 is 15.8 Å². The van der Waals surface area contributed by atoms with Crippen LogP contribution in [0.1, 0.15) is 32.1 Å². The lowest BCUT2D eigenvalue weighted by molar-refractivity contribution is -0.126. The lowest BCUT2D eigenvalue weighted by atomic mass is 9.79. The highest BCUT2D eigenvalue weighted by Crippen LogP contribution is 2.58. The minimum Gasteiger partial charge on any atom is -0.379 e. The molecule has 2 bridgehead atoms. The van der Waals surface area contributed by atoms with Crippen molar-refractivity contribution in [3.05, 3.63) is 0 Å². The van der Waals surface area contributed by atoms with E-state index in [1.807, 2.05) is 0 Å². The molecule has 4 aliphatic rings. The van der Waals surface area contributed by atoms with Gasteiger partial charge in [0.25, 0.3) is 0 Å². The van der Waals surface area contributed by atoms with Gasteiger partial charge in [-0.15, -0.1) is 0 Å². The van der Waals surface area contributed by atoms with Gasteiger partial charge in [-0.25, -0.2) is 0 Å². The first-order valence-corrected chi connectivity index (χ1v) is 7.87. The van der Waals surface area contributed by atoms with Crippen LogP contribution in [0.15, 0.2) is 0 Å². The average molecular weight is 264 g/mol. The Morgan fingerprint density at radius 1 is 1.11 bits per heavy atom. The number of amides is 1. The van der Waals surface area contributed by atoms with E-state index in [2.05, 4.69) is 5.32 Å². The number of carbonyl (C=O) groups is 1. The largest absolute Gasteiger partial charge is 0.379 e. The van der Waals surface area contributed by atoms with Crippen molar-refractivity contribution in [3.8, 4) is 0 Å². The third-order valence-corrected chi connectivity index (χ3v) is 6.22. The zero-order valence-electron chi connectivity index (χ0n) is 11.4. The summed E-state index contributed by atoms with van der Waals surface area (Å²) in [5.41, 5.74) is 5.93. The van der Waals surface area contributed by atoms with E-state index in [0.29, 0.717) is 19.3 Å². The van der Waals surface area contributed by atoms with Crippen molar-refractivity contribution in [2.45, 2.75) is 44.2 Å². The molecule has 4 heteroatoms. The molecule has 0 aromatic heterocycles. The van der Waals surface area contributed by atoms with E-state index in [1.165, 1.54) is 32.1 Å². The van der Waals surface area contributed by atoms with Crippen LogP contribution in [0.4, 0.5) is 0 Å². The molecule has 3 aliphatic carbocycles. The summed E-state index contributed by atoms with van der Waals surface area (Å²) >= 11 is 0. The lowest BCUT2D eigenvalue weighted by Gasteiger charge is -2.32. The summed E-state index contributed by atoms with van der Waals surface area (Å²) in [5.74, 6) is 3.53. The van der Waals surface area contributed by atoms with Crippen LogP contribution in [0, 0.1) is 29.6 Å². The molecule has 7 atom stereocenters. The monoisotopic (exact) mass is 264 g/mol. The third kappa shape index (κ3) is 1.83. The maximum absolute atomic E-state index is 12.3. The zero-order valence-corrected chi connectivity index (χ0v) is 11.4. The predicted octanol–water partition coefficient (Wildman–Crippen LogP) is 0.901. The molecule has 1 aliphatic heterocycles. The van der Waals surface area contributed by atoms with Crippen LogP contribution < -0.4 is 11.1 Å². The fourth-order valence-corrected chi connectivity index (χ4v) is 5.36. The van der Waals surface area contributed by atoms with Gasteiger partial charge in [0, 0.05) is 12.1 Å². The van der Waals surface area contributed by atoms with Gasteiger partial charge in [0.1, 0.15) is 0 Å². The number of hydrogen-bond donors (Lipinski definition) is 2. The minimum absolute atomic E-state index is 0.113. The Kier molecular flexibility index (Phi) is 2.85. The molecule has 19 heavy (non-hydrogen) atoms. The predicted molar refractivity (Wildman–Crippen MR) is 71.3 cm³/mol. The number of rotatable bonds is 2. The molecule has 0 aromatic rings. The summed E-state index contributed by atoms with van der Waals surface area (Å²) in [4.78, 5) is 12.3. The second-order valence-corrected chi connectivity index (χ2v) is 7.08. The number of carbonyl (C=O) groups excluding carboxylic acids is 1. The Hall–Kier alpha value is -0.610. The van der Waals surface area contributed by atoms with Crippen LogP contribution in [0.3, 0.4) is 0 Å². The molecule has 4 rings (SSSR count). The molecule has 106 valence electrons. The molecular formula is C15H24N2O2. The van der Waals surface area contributed by atoms with Crippen molar-refractivity contribution in [3.63, 3.8) is 0 Å². The highest BCUT2D eigenvalue weighted by molar-refractivity contribution is 5.80. The van der Waals surface area contributed by atoms with Crippen LogP contribution >= 0.6 is 0 Å². The minimum atomic E-state index is -0.126. The normalized spacial score (nSPS) is 51.5. The summed E-state index contributed by atoms with van der Waals surface area (Å²) in [6.45, 7) is 1.03. The van der Waals surface area contributed by atoms with E-state index in [0.717, 1.165) is 23.7 Å². The number of nitrogens with two attached hydrogens (primary N) is 1. The topological polar surface area (TPSA) is 64.3 Å². The van der Waals surface area contributed by atoms with Crippen molar-refractivity contribution in [1.29, 1.82) is 0 Å². The van der Waals surface area contributed by atoms with Crippen LogP contribution in [-0.4, -0.2) is 31.2 Å². The molecule has 7 unspecified atom stereocenters. The number of ether oxygens (including phenoxy) is 1. The number of nitrogens with one attached hydrogen (secondary N) is 1. The molecule has 0 spiro atoms. The average Bonchev–Trinajstić information content (AvgIpc) is 3.07. The van der Waals surface area contributed by atoms with Crippen LogP contribution in [0.5, 0.6) is 0 Å². The molecule has 1 saturated heterocycles. The smallest absolute Gasteiger partial charge is 0.227 e. The summed E-state index contributed by atoms with van der Waals surface area (Å²) in [6.07, 6.45) is 6.80. The maximum atomic E-state index is 12.3. The van der Waals surface area contributed by atoms with Crippen LogP contribution in [0.2, 0.25) is 0 Å².